The third kappa shape index (κ3) is 3.55. The zero-order valence-electron chi connectivity index (χ0n) is 8.90. The van der Waals surface area contributed by atoms with Crippen molar-refractivity contribution in [2.45, 2.75) is 10.1 Å². The number of halogens is 2. The maximum atomic E-state index is 13.1. The van der Waals surface area contributed by atoms with E-state index in [4.69, 9.17) is 5.73 Å². The van der Waals surface area contributed by atoms with Crippen LogP contribution >= 0.6 is 39.0 Å². The van der Waals surface area contributed by atoms with Gasteiger partial charge in [-0.15, -0.1) is 23.1 Å². The Morgan fingerprint density at radius 1 is 1.35 bits per heavy atom. The van der Waals surface area contributed by atoms with Gasteiger partial charge in [-0.1, -0.05) is 6.07 Å². The molecule has 0 radical (unpaired) electrons. The fourth-order valence-corrected chi connectivity index (χ4v) is 4.09. The summed E-state index contributed by atoms with van der Waals surface area (Å²) < 4.78 is 14.2. The van der Waals surface area contributed by atoms with Gasteiger partial charge in [0.15, 0.2) is 0 Å². The number of benzene rings is 1. The maximum absolute atomic E-state index is 13.1. The van der Waals surface area contributed by atoms with Crippen molar-refractivity contribution in [3.63, 3.8) is 0 Å². The van der Waals surface area contributed by atoms with Crippen LogP contribution in [0.2, 0.25) is 0 Å². The second-order valence-electron chi connectivity index (χ2n) is 3.44. The second-order valence-corrected chi connectivity index (χ2v) is 7.21. The monoisotopic (exact) mass is 331 g/mol. The molecule has 1 unspecified atom stereocenters. The van der Waals surface area contributed by atoms with E-state index < -0.39 is 0 Å². The third-order valence-electron chi connectivity index (χ3n) is 2.20. The minimum Gasteiger partial charge on any atom is -0.329 e. The molecule has 2 aromatic rings. The molecule has 1 aromatic heterocycles. The molecule has 0 amide bonds. The van der Waals surface area contributed by atoms with E-state index in [1.165, 1.54) is 17.0 Å². The Hall–Kier alpha value is -0.360. The summed E-state index contributed by atoms with van der Waals surface area (Å²) >= 11 is 6.69. The summed E-state index contributed by atoms with van der Waals surface area (Å²) in [6.07, 6.45) is 0. The standard InChI is InChI=1S/C12H11BrFNS2/c13-12-5-4-10(17-12)11(7-15)16-9-3-1-2-8(14)6-9/h1-6,11H,7,15H2. The highest BCUT2D eigenvalue weighted by molar-refractivity contribution is 9.11. The first-order chi connectivity index (χ1) is 8.19. The van der Waals surface area contributed by atoms with Crippen LogP contribution in [0.25, 0.3) is 0 Å². The van der Waals surface area contributed by atoms with Crippen LogP contribution in [0.15, 0.2) is 45.1 Å². The number of hydrogen-bond acceptors (Lipinski definition) is 3. The van der Waals surface area contributed by atoms with Gasteiger partial charge in [0.25, 0.3) is 0 Å². The van der Waals surface area contributed by atoms with Gasteiger partial charge in [-0.05, 0) is 46.3 Å². The largest absolute Gasteiger partial charge is 0.329 e. The predicted octanol–water partition coefficient (Wildman–Crippen LogP) is 4.44. The Labute approximate surface area is 116 Å². The molecule has 0 bridgehead atoms. The van der Waals surface area contributed by atoms with E-state index in [2.05, 4.69) is 22.0 Å². The van der Waals surface area contributed by atoms with Crippen molar-refractivity contribution in [3.05, 3.63) is 50.9 Å². The van der Waals surface area contributed by atoms with Crippen LogP contribution in [0.4, 0.5) is 4.39 Å². The predicted molar refractivity (Wildman–Crippen MR) is 76.1 cm³/mol. The highest BCUT2D eigenvalue weighted by Gasteiger charge is 2.13. The minimum absolute atomic E-state index is 0.174. The molecule has 5 heteroatoms. The van der Waals surface area contributed by atoms with Gasteiger partial charge in [0.1, 0.15) is 5.82 Å². The van der Waals surface area contributed by atoms with Crippen LogP contribution in [-0.4, -0.2) is 6.54 Å². The second kappa shape index (κ2) is 6.00. The van der Waals surface area contributed by atoms with Crippen LogP contribution < -0.4 is 5.73 Å². The van der Waals surface area contributed by atoms with E-state index in [0.29, 0.717) is 6.54 Å². The van der Waals surface area contributed by atoms with Crippen molar-refractivity contribution >= 4 is 39.0 Å². The smallest absolute Gasteiger partial charge is 0.124 e. The van der Waals surface area contributed by atoms with Crippen LogP contribution in [0.3, 0.4) is 0 Å². The van der Waals surface area contributed by atoms with Crippen LogP contribution in [0.5, 0.6) is 0 Å². The summed E-state index contributed by atoms with van der Waals surface area (Å²) in [5.41, 5.74) is 5.78. The molecule has 1 atom stereocenters. The Morgan fingerprint density at radius 2 is 2.18 bits per heavy atom. The molecule has 1 nitrogen and oxygen atoms in total. The first-order valence-corrected chi connectivity index (χ1v) is 7.55. The summed E-state index contributed by atoms with van der Waals surface area (Å²) in [5, 5.41) is 0.174. The quantitative estimate of drug-likeness (QED) is 0.838. The van der Waals surface area contributed by atoms with Crippen molar-refractivity contribution in [1.82, 2.24) is 0 Å². The first kappa shape index (κ1) is 13.1. The molecule has 0 aliphatic rings. The number of hydrogen-bond donors (Lipinski definition) is 1. The summed E-state index contributed by atoms with van der Waals surface area (Å²) in [6.45, 7) is 0.536. The van der Waals surface area contributed by atoms with E-state index in [-0.39, 0.29) is 11.1 Å². The lowest BCUT2D eigenvalue weighted by atomic mass is 10.3. The van der Waals surface area contributed by atoms with E-state index in [9.17, 15) is 4.39 Å². The van der Waals surface area contributed by atoms with Gasteiger partial charge < -0.3 is 5.73 Å². The normalized spacial score (nSPS) is 12.6. The number of rotatable bonds is 4. The zero-order chi connectivity index (χ0) is 12.3. The van der Waals surface area contributed by atoms with Crippen molar-refractivity contribution in [2.75, 3.05) is 6.54 Å². The molecule has 2 rings (SSSR count). The average Bonchev–Trinajstić information content (AvgIpc) is 2.73. The van der Waals surface area contributed by atoms with Crippen LogP contribution in [0.1, 0.15) is 10.1 Å². The van der Waals surface area contributed by atoms with E-state index in [1.807, 2.05) is 12.1 Å². The number of thioether (sulfide) groups is 1. The first-order valence-electron chi connectivity index (χ1n) is 5.06. The molecule has 0 saturated heterocycles. The van der Waals surface area contributed by atoms with Crippen molar-refractivity contribution in [3.8, 4) is 0 Å². The van der Waals surface area contributed by atoms with Gasteiger partial charge in [-0.3, -0.25) is 0 Å². The molecule has 2 N–H and O–H groups in total. The lowest BCUT2D eigenvalue weighted by Crippen LogP contribution is -2.07. The molecular formula is C12H11BrFNS2. The Morgan fingerprint density at radius 3 is 2.76 bits per heavy atom. The SMILES string of the molecule is NCC(Sc1cccc(F)c1)c1ccc(Br)s1. The van der Waals surface area contributed by atoms with E-state index in [0.717, 1.165) is 8.68 Å². The van der Waals surface area contributed by atoms with Crippen LogP contribution in [-0.2, 0) is 0 Å². The van der Waals surface area contributed by atoms with Gasteiger partial charge in [0.05, 0.1) is 9.04 Å². The molecular weight excluding hydrogens is 321 g/mol. The molecule has 0 aliphatic heterocycles. The Kier molecular flexibility index (Phi) is 4.62. The summed E-state index contributed by atoms with van der Waals surface area (Å²) in [7, 11) is 0. The van der Waals surface area contributed by atoms with E-state index >= 15 is 0 Å². The molecule has 0 spiro atoms. The summed E-state index contributed by atoms with van der Waals surface area (Å²) in [5.74, 6) is -0.210. The van der Waals surface area contributed by atoms with Gasteiger partial charge in [-0.2, -0.15) is 0 Å². The Balaban J connectivity index is 2.15. The van der Waals surface area contributed by atoms with Crippen LogP contribution in [0, 0.1) is 5.82 Å². The molecule has 0 aliphatic carbocycles. The van der Waals surface area contributed by atoms with Crippen molar-refractivity contribution < 1.29 is 4.39 Å². The van der Waals surface area contributed by atoms with Gasteiger partial charge in [0, 0.05) is 16.3 Å². The Bertz CT molecular complexity index is 501. The lowest BCUT2D eigenvalue weighted by Gasteiger charge is -2.12. The molecule has 90 valence electrons. The van der Waals surface area contributed by atoms with Gasteiger partial charge in [-0.25, -0.2) is 4.39 Å². The molecule has 1 heterocycles. The molecule has 17 heavy (non-hydrogen) atoms. The maximum Gasteiger partial charge on any atom is 0.124 e. The number of thiophene rings is 1. The summed E-state index contributed by atoms with van der Waals surface area (Å²) in [6, 6.07) is 10.7. The highest BCUT2D eigenvalue weighted by atomic mass is 79.9. The fraction of sp³-hybridized carbons (Fsp3) is 0.167. The minimum atomic E-state index is -0.210. The number of nitrogens with two attached hydrogens (primary N) is 1. The highest BCUT2D eigenvalue weighted by Crippen LogP contribution is 2.38. The van der Waals surface area contributed by atoms with Crippen molar-refractivity contribution in [1.29, 1.82) is 0 Å². The average molecular weight is 332 g/mol. The third-order valence-corrected chi connectivity index (χ3v) is 5.34. The molecule has 0 saturated carbocycles. The topological polar surface area (TPSA) is 26.0 Å². The van der Waals surface area contributed by atoms with Crippen molar-refractivity contribution in [2.24, 2.45) is 5.73 Å². The zero-order valence-corrected chi connectivity index (χ0v) is 12.1. The van der Waals surface area contributed by atoms with E-state index in [1.54, 1.807) is 29.2 Å². The lowest BCUT2D eigenvalue weighted by molar-refractivity contribution is 0.624. The van der Waals surface area contributed by atoms with Gasteiger partial charge in [0.2, 0.25) is 0 Å². The van der Waals surface area contributed by atoms with Gasteiger partial charge >= 0.3 is 0 Å². The molecule has 1 aromatic carbocycles. The fourth-order valence-electron chi connectivity index (χ4n) is 1.43. The summed E-state index contributed by atoms with van der Waals surface area (Å²) in [4.78, 5) is 2.11. The molecule has 0 fully saturated rings.